The third-order valence-electron chi connectivity index (χ3n) is 0.333. The highest BCUT2D eigenvalue weighted by Crippen LogP contribution is 2.35. The fourth-order valence-electron chi connectivity index (χ4n) is 0.144. The van der Waals surface area contributed by atoms with Gasteiger partial charge in [-0.3, -0.25) is 0 Å². The van der Waals surface area contributed by atoms with Crippen molar-refractivity contribution in [1.82, 2.24) is 0 Å². The van der Waals surface area contributed by atoms with Crippen molar-refractivity contribution >= 4 is 14.4 Å². The Morgan fingerprint density at radius 2 is 2.00 bits per heavy atom. The molecule has 0 bridgehead atoms. The third kappa shape index (κ3) is 0.389. The van der Waals surface area contributed by atoms with Crippen molar-refractivity contribution in [3.05, 3.63) is 0 Å². The van der Waals surface area contributed by atoms with E-state index in [2.05, 4.69) is 9.05 Å². The molecule has 1 aliphatic heterocycles. The van der Waals surface area contributed by atoms with E-state index in [1.807, 2.05) is 0 Å². The van der Waals surface area contributed by atoms with Crippen molar-refractivity contribution in [3.8, 4) is 0 Å². The summed E-state index contributed by atoms with van der Waals surface area (Å²) in [5, 5.41) is 0. The van der Waals surface area contributed by atoms with Gasteiger partial charge in [-0.2, -0.15) is 0 Å². The van der Waals surface area contributed by atoms with Crippen LogP contribution in [0, 0.1) is 0 Å². The van der Waals surface area contributed by atoms with Crippen molar-refractivity contribution in [2.75, 3.05) is 0 Å². The Morgan fingerprint density at radius 1 is 1.50 bits per heavy atom. The fourth-order valence-corrected chi connectivity index (χ4v) is 0.431. The van der Waals surface area contributed by atoms with Gasteiger partial charge in [-0.05, 0) is 0 Å². The van der Waals surface area contributed by atoms with E-state index in [-0.39, 0.29) is 0 Å². The number of carbonyl (C=O) groups excluding carboxylic acids is 1. The highest BCUT2D eigenvalue weighted by Gasteiger charge is 2.23. The molecule has 0 atom stereocenters. The highest BCUT2D eigenvalue weighted by atomic mass is 31.1. The van der Waals surface area contributed by atoms with Gasteiger partial charge in [0.2, 0.25) is 0 Å². The SMILES string of the molecule is O=C1O[PH](=O)O1. The topological polar surface area (TPSA) is 52.6 Å². The predicted octanol–water partition coefficient (Wildman–Crippen LogP) is 0.543. The van der Waals surface area contributed by atoms with Gasteiger partial charge in [-0.25, -0.2) is 9.36 Å². The largest absolute Gasteiger partial charge is 0.522 e. The molecule has 34 valence electrons. The lowest BCUT2D eigenvalue weighted by Gasteiger charge is -2.09. The first-order valence-electron chi connectivity index (χ1n) is 1.22. The molecule has 1 aliphatic rings. The highest BCUT2D eigenvalue weighted by molar-refractivity contribution is 7.37. The van der Waals surface area contributed by atoms with Gasteiger partial charge in [0, 0.05) is 0 Å². The molecule has 0 aromatic rings. The van der Waals surface area contributed by atoms with Crippen molar-refractivity contribution in [2.24, 2.45) is 0 Å². The van der Waals surface area contributed by atoms with Crippen LogP contribution in [0.25, 0.3) is 0 Å². The van der Waals surface area contributed by atoms with Gasteiger partial charge in [0.05, 0.1) is 0 Å². The molecule has 0 aromatic heterocycles. The van der Waals surface area contributed by atoms with Crippen LogP contribution in [0.5, 0.6) is 0 Å². The summed E-state index contributed by atoms with van der Waals surface area (Å²) in [6.45, 7) is 0. The van der Waals surface area contributed by atoms with Gasteiger partial charge >= 0.3 is 14.4 Å². The second kappa shape index (κ2) is 0.980. The lowest BCUT2D eigenvalue weighted by molar-refractivity contribution is 0.110. The summed E-state index contributed by atoms with van der Waals surface area (Å²) in [6, 6.07) is 0. The van der Waals surface area contributed by atoms with Crippen LogP contribution in [-0.4, -0.2) is 6.16 Å². The Balaban J connectivity index is 2.47. The first kappa shape index (κ1) is 3.68. The maximum atomic E-state index is 9.63. The molecule has 1 saturated heterocycles. The molecule has 1 fully saturated rings. The van der Waals surface area contributed by atoms with Gasteiger partial charge in [0.25, 0.3) is 0 Å². The molecule has 5 heteroatoms. The van der Waals surface area contributed by atoms with E-state index in [0.717, 1.165) is 0 Å². The van der Waals surface area contributed by atoms with Crippen molar-refractivity contribution in [3.63, 3.8) is 0 Å². The van der Waals surface area contributed by atoms with Crippen molar-refractivity contribution in [2.45, 2.75) is 0 Å². The predicted molar refractivity (Wildman–Crippen MR) is 16.6 cm³/mol. The molecule has 1 heterocycles. The summed E-state index contributed by atoms with van der Waals surface area (Å²) < 4.78 is 17.3. The second-order valence-corrected chi connectivity index (χ2v) is 1.61. The Bertz CT molecular complexity index is 84.1. The molecule has 0 aliphatic carbocycles. The van der Waals surface area contributed by atoms with Crippen LogP contribution < -0.4 is 0 Å². The minimum absolute atomic E-state index is 0.834. The maximum Gasteiger partial charge on any atom is 0.522 e. The third-order valence-corrected chi connectivity index (χ3v) is 1.00. The standard InChI is InChI=1S/CHO4P/c2-1-4-6(3)5-1/h6H. The fraction of sp³-hybridized carbons (Fsp3) is 0. The summed E-state index contributed by atoms with van der Waals surface area (Å²) in [6.07, 6.45) is -0.834. The van der Waals surface area contributed by atoms with E-state index in [1.165, 1.54) is 0 Å². The Labute approximate surface area is 34.0 Å². The van der Waals surface area contributed by atoms with Gasteiger partial charge < -0.3 is 9.05 Å². The Morgan fingerprint density at radius 3 is 2.00 bits per heavy atom. The van der Waals surface area contributed by atoms with Gasteiger partial charge in [-0.15, -0.1) is 0 Å². The van der Waals surface area contributed by atoms with E-state index >= 15 is 0 Å². The summed E-state index contributed by atoms with van der Waals surface area (Å²) in [4.78, 5) is 9.49. The number of hydrogen-bond donors (Lipinski definition) is 0. The zero-order valence-corrected chi connectivity index (χ0v) is 3.63. The lowest BCUT2D eigenvalue weighted by atomic mass is 11.5. The first-order chi connectivity index (χ1) is 2.79. The smallest absolute Gasteiger partial charge is 0.352 e. The van der Waals surface area contributed by atoms with Crippen LogP contribution in [0.1, 0.15) is 0 Å². The summed E-state index contributed by atoms with van der Waals surface area (Å²) in [5.41, 5.74) is 0. The molecule has 0 saturated carbocycles. The Kier molecular flexibility index (Phi) is 0.601. The summed E-state index contributed by atoms with van der Waals surface area (Å²) in [5.74, 6) is 0. The van der Waals surface area contributed by atoms with Crippen LogP contribution in [0.4, 0.5) is 4.79 Å². The molecule has 0 spiro atoms. The van der Waals surface area contributed by atoms with Crippen LogP contribution in [0.2, 0.25) is 0 Å². The van der Waals surface area contributed by atoms with Crippen LogP contribution in [0.3, 0.4) is 0 Å². The molecular weight excluding hydrogens is 107 g/mol. The first-order valence-corrected chi connectivity index (χ1v) is 2.45. The molecule has 0 unspecified atom stereocenters. The number of carbonyl (C=O) groups is 1. The quantitative estimate of drug-likeness (QED) is 0.425. The Hall–Kier alpha value is -0.500. The minimum atomic E-state index is -2.34. The van der Waals surface area contributed by atoms with Crippen molar-refractivity contribution < 1.29 is 18.4 Å². The van der Waals surface area contributed by atoms with Crippen LogP contribution >= 0.6 is 8.25 Å². The summed E-state index contributed by atoms with van der Waals surface area (Å²) in [7, 11) is -2.34. The molecule has 4 nitrogen and oxygen atoms in total. The molecule has 0 radical (unpaired) electrons. The van der Waals surface area contributed by atoms with Gasteiger partial charge in [-0.1, -0.05) is 0 Å². The number of rotatable bonds is 0. The lowest BCUT2D eigenvalue weighted by Crippen LogP contribution is -2.07. The maximum absolute atomic E-state index is 9.63. The monoisotopic (exact) mass is 108 g/mol. The second-order valence-electron chi connectivity index (χ2n) is 0.704. The molecule has 1 rings (SSSR count). The molecule has 0 N–H and O–H groups in total. The van der Waals surface area contributed by atoms with Gasteiger partial charge in [0.15, 0.2) is 0 Å². The molecule has 0 aromatic carbocycles. The van der Waals surface area contributed by atoms with E-state index in [4.69, 9.17) is 0 Å². The number of hydrogen-bond acceptors (Lipinski definition) is 4. The minimum Gasteiger partial charge on any atom is -0.352 e. The van der Waals surface area contributed by atoms with E-state index in [0.29, 0.717) is 0 Å². The molecule has 0 amide bonds. The van der Waals surface area contributed by atoms with Crippen molar-refractivity contribution in [1.29, 1.82) is 0 Å². The zero-order chi connectivity index (χ0) is 4.57. The molecular formula is CHO4P. The van der Waals surface area contributed by atoms with Crippen LogP contribution in [-0.2, 0) is 13.6 Å². The average molecular weight is 108 g/mol. The molecule has 6 heavy (non-hydrogen) atoms. The normalized spacial score (nSPS) is 21.0. The zero-order valence-electron chi connectivity index (χ0n) is 2.63. The van der Waals surface area contributed by atoms with E-state index in [9.17, 15) is 9.36 Å². The van der Waals surface area contributed by atoms with Crippen LogP contribution in [0.15, 0.2) is 0 Å². The average Bonchev–Trinajstić information content (AvgIpc) is 1.33. The van der Waals surface area contributed by atoms with Gasteiger partial charge in [0.1, 0.15) is 0 Å². The summed E-state index contributed by atoms with van der Waals surface area (Å²) >= 11 is 0. The van der Waals surface area contributed by atoms with E-state index < -0.39 is 14.4 Å². The van der Waals surface area contributed by atoms with E-state index in [1.54, 1.807) is 0 Å².